The third-order valence-corrected chi connectivity index (χ3v) is 3.01. The van der Waals surface area contributed by atoms with E-state index in [0.717, 1.165) is 35.6 Å². The van der Waals surface area contributed by atoms with E-state index < -0.39 is 0 Å². The summed E-state index contributed by atoms with van der Waals surface area (Å²) >= 11 is 5.07. The van der Waals surface area contributed by atoms with Crippen molar-refractivity contribution >= 4 is 23.0 Å². The van der Waals surface area contributed by atoms with Crippen molar-refractivity contribution in [1.82, 2.24) is 9.97 Å². The highest BCUT2D eigenvalue weighted by molar-refractivity contribution is 7.80. The van der Waals surface area contributed by atoms with Gasteiger partial charge in [-0.25, -0.2) is 4.98 Å². The molecular formula is C14H16N4S. The first-order chi connectivity index (χ1) is 9.18. The van der Waals surface area contributed by atoms with E-state index in [1.54, 1.807) is 12.4 Å². The average Bonchev–Trinajstić information content (AvgIpc) is 2.39. The molecule has 0 amide bonds. The predicted octanol–water partition coefficient (Wildman–Crippen LogP) is 2.07. The standard InChI is InChI=1S/C14H16N4S/c1-10-5-8-17-14(12(10)13(15)19)18-9-6-11-4-2-3-7-16-11/h2-5,7-8H,6,9H2,1H3,(H2,15,19)(H,17,18). The Hall–Kier alpha value is -2.01. The number of pyridine rings is 2. The van der Waals surface area contributed by atoms with Crippen LogP contribution in [0.15, 0.2) is 36.7 Å². The number of aromatic nitrogens is 2. The van der Waals surface area contributed by atoms with Gasteiger partial charge < -0.3 is 11.1 Å². The summed E-state index contributed by atoms with van der Waals surface area (Å²) in [7, 11) is 0. The second kappa shape index (κ2) is 6.24. The number of rotatable bonds is 5. The summed E-state index contributed by atoms with van der Waals surface area (Å²) in [6.07, 6.45) is 4.37. The van der Waals surface area contributed by atoms with E-state index in [1.807, 2.05) is 31.2 Å². The molecule has 2 aromatic rings. The Kier molecular flexibility index (Phi) is 4.41. The van der Waals surface area contributed by atoms with Gasteiger partial charge in [-0.2, -0.15) is 0 Å². The van der Waals surface area contributed by atoms with Crippen LogP contribution in [0.25, 0.3) is 0 Å². The number of aryl methyl sites for hydroxylation is 1. The first-order valence-corrected chi connectivity index (χ1v) is 6.48. The van der Waals surface area contributed by atoms with Crippen LogP contribution in [0.4, 0.5) is 5.82 Å². The molecule has 0 unspecified atom stereocenters. The van der Waals surface area contributed by atoms with Crippen LogP contribution in [0.2, 0.25) is 0 Å². The maximum Gasteiger partial charge on any atom is 0.136 e. The quantitative estimate of drug-likeness (QED) is 0.816. The lowest BCUT2D eigenvalue weighted by Gasteiger charge is -2.12. The molecule has 4 nitrogen and oxygen atoms in total. The number of nitrogens with two attached hydrogens (primary N) is 1. The fraction of sp³-hybridized carbons (Fsp3) is 0.214. The number of thiocarbonyl (C=S) groups is 1. The zero-order valence-corrected chi connectivity index (χ0v) is 11.6. The molecule has 0 saturated carbocycles. The van der Waals surface area contributed by atoms with Gasteiger partial charge in [0.05, 0.1) is 5.56 Å². The van der Waals surface area contributed by atoms with E-state index in [-0.39, 0.29) is 0 Å². The molecule has 0 atom stereocenters. The summed E-state index contributed by atoms with van der Waals surface area (Å²) in [5.41, 5.74) is 8.63. The van der Waals surface area contributed by atoms with Crippen LogP contribution in [0.3, 0.4) is 0 Å². The molecule has 0 aliphatic carbocycles. The summed E-state index contributed by atoms with van der Waals surface area (Å²) in [4.78, 5) is 8.93. The van der Waals surface area contributed by atoms with Gasteiger partial charge in [-0.1, -0.05) is 18.3 Å². The van der Waals surface area contributed by atoms with E-state index >= 15 is 0 Å². The normalized spacial score (nSPS) is 10.2. The molecule has 2 rings (SSSR count). The number of nitrogens with zero attached hydrogens (tertiary/aromatic N) is 2. The second-order valence-electron chi connectivity index (χ2n) is 4.21. The highest BCUT2D eigenvalue weighted by Crippen LogP contribution is 2.16. The summed E-state index contributed by atoms with van der Waals surface area (Å²) in [5, 5.41) is 3.27. The van der Waals surface area contributed by atoms with Crippen molar-refractivity contribution in [3.63, 3.8) is 0 Å². The second-order valence-corrected chi connectivity index (χ2v) is 4.65. The van der Waals surface area contributed by atoms with Crippen LogP contribution in [0, 0.1) is 6.92 Å². The van der Waals surface area contributed by atoms with Crippen LogP contribution in [-0.2, 0) is 6.42 Å². The Morgan fingerprint density at radius 3 is 2.79 bits per heavy atom. The molecule has 0 aliphatic rings. The monoisotopic (exact) mass is 272 g/mol. The molecule has 98 valence electrons. The molecule has 2 heterocycles. The fourth-order valence-electron chi connectivity index (χ4n) is 1.86. The van der Waals surface area contributed by atoms with Crippen LogP contribution in [0.5, 0.6) is 0 Å². The largest absolute Gasteiger partial charge is 0.389 e. The van der Waals surface area contributed by atoms with E-state index in [2.05, 4.69) is 15.3 Å². The molecule has 0 fully saturated rings. The van der Waals surface area contributed by atoms with Gasteiger partial charge >= 0.3 is 0 Å². The average molecular weight is 272 g/mol. The summed E-state index contributed by atoms with van der Waals surface area (Å²) < 4.78 is 0. The fourth-order valence-corrected chi connectivity index (χ4v) is 2.12. The van der Waals surface area contributed by atoms with Crippen molar-refractivity contribution < 1.29 is 0 Å². The SMILES string of the molecule is Cc1ccnc(NCCc2ccccn2)c1C(N)=S. The van der Waals surface area contributed by atoms with Crippen LogP contribution in [-0.4, -0.2) is 21.5 Å². The van der Waals surface area contributed by atoms with Gasteiger partial charge in [0.2, 0.25) is 0 Å². The van der Waals surface area contributed by atoms with Gasteiger partial charge in [0.15, 0.2) is 0 Å². The van der Waals surface area contributed by atoms with Crippen LogP contribution < -0.4 is 11.1 Å². The minimum absolute atomic E-state index is 0.367. The Bertz CT molecular complexity index is 569. The van der Waals surface area contributed by atoms with E-state index in [0.29, 0.717) is 4.99 Å². The summed E-state index contributed by atoms with van der Waals surface area (Å²) in [6, 6.07) is 7.79. The summed E-state index contributed by atoms with van der Waals surface area (Å²) in [6.45, 7) is 2.71. The van der Waals surface area contributed by atoms with Crippen LogP contribution in [0.1, 0.15) is 16.8 Å². The number of anilines is 1. The van der Waals surface area contributed by atoms with E-state index in [9.17, 15) is 0 Å². The zero-order valence-electron chi connectivity index (χ0n) is 10.8. The molecule has 0 saturated heterocycles. The van der Waals surface area contributed by atoms with Crippen molar-refractivity contribution in [3.8, 4) is 0 Å². The number of nitrogens with one attached hydrogen (secondary N) is 1. The first-order valence-electron chi connectivity index (χ1n) is 6.07. The molecule has 3 N–H and O–H groups in total. The van der Waals surface area contributed by atoms with Crippen molar-refractivity contribution in [3.05, 3.63) is 53.5 Å². The smallest absolute Gasteiger partial charge is 0.136 e. The zero-order chi connectivity index (χ0) is 13.7. The van der Waals surface area contributed by atoms with E-state index in [1.165, 1.54) is 0 Å². The Morgan fingerprint density at radius 1 is 1.26 bits per heavy atom. The molecule has 19 heavy (non-hydrogen) atoms. The third-order valence-electron chi connectivity index (χ3n) is 2.81. The predicted molar refractivity (Wildman–Crippen MR) is 81.3 cm³/mol. The maximum atomic E-state index is 5.74. The molecule has 0 radical (unpaired) electrons. The summed E-state index contributed by atoms with van der Waals surface area (Å²) in [5.74, 6) is 0.739. The molecule has 2 aromatic heterocycles. The van der Waals surface area contributed by atoms with Gasteiger partial charge in [0, 0.05) is 31.1 Å². The van der Waals surface area contributed by atoms with Gasteiger partial charge in [0.25, 0.3) is 0 Å². The molecule has 0 aliphatic heterocycles. The van der Waals surface area contributed by atoms with Gasteiger partial charge in [-0.3, -0.25) is 4.98 Å². The third kappa shape index (κ3) is 3.48. The molecule has 0 aromatic carbocycles. The topological polar surface area (TPSA) is 63.8 Å². The van der Waals surface area contributed by atoms with Crippen molar-refractivity contribution in [2.75, 3.05) is 11.9 Å². The lowest BCUT2D eigenvalue weighted by atomic mass is 10.1. The van der Waals surface area contributed by atoms with Crippen LogP contribution >= 0.6 is 12.2 Å². The molecular weight excluding hydrogens is 256 g/mol. The lowest BCUT2D eigenvalue weighted by molar-refractivity contribution is 0.952. The molecule has 0 bridgehead atoms. The number of hydrogen-bond donors (Lipinski definition) is 2. The Morgan fingerprint density at radius 2 is 2.11 bits per heavy atom. The highest BCUT2D eigenvalue weighted by Gasteiger charge is 2.09. The van der Waals surface area contributed by atoms with Crippen molar-refractivity contribution in [1.29, 1.82) is 0 Å². The van der Waals surface area contributed by atoms with Gasteiger partial charge in [-0.05, 0) is 30.7 Å². The highest BCUT2D eigenvalue weighted by atomic mass is 32.1. The maximum absolute atomic E-state index is 5.74. The minimum Gasteiger partial charge on any atom is -0.389 e. The van der Waals surface area contributed by atoms with Gasteiger partial charge in [-0.15, -0.1) is 0 Å². The Balaban J connectivity index is 2.04. The lowest BCUT2D eigenvalue weighted by Crippen LogP contribution is -2.17. The van der Waals surface area contributed by atoms with Crippen molar-refractivity contribution in [2.24, 2.45) is 5.73 Å². The molecule has 0 spiro atoms. The first kappa shape index (κ1) is 13.4. The minimum atomic E-state index is 0.367. The van der Waals surface area contributed by atoms with E-state index in [4.69, 9.17) is 18.0 Å². The number of hydrogen-bond acceptors (Lipinski definition) is 4. The van der Waals surface area contributed by atoms with Crippen molar-refractivity contribution in [2.45, 2.75) is 13.3 Å². The van der Waals surface area contributed by atoms with Gasteiger partial charge in [0.1, 0.15) is 10.8 Å². The Labute approximate surface area is 118 Å². The molecule has 5 heteroatoms.